The van der Waals surface area contributed by atoms with E-state index in [0.29, 0.717) is 5.69 Å². The fourth-order valence-electron chi connectivity index (χ4n) is 1.64. The van der Waals surface area contributed by atoms with E-state index >= 15 is 0 Å². The summed E-state index contributed by atoms with van der Waals surface area (Å²) < 4.78 is 31.8. The second-order valence-corrected chi connectivity index (χ2v) is 7.83. The molecule has 0 spiro atoms. The van der Waals surface area contributed by atoms with Crippen LogP contribution in [0.2, 0.25) is 10.0 Å². The Morgan fingerprint density at radius 1 is 1.35 bits per heavy atom. The van der Waals surface area contributed by atoms with Crippen LogP contribution in [0.1, 0.15) is 22.3 Å². The van der Waals surface area contributed by atoms with Gasteiger partial charge < -0.3 is 4.74 Å². The van der Waals surface area contributed by atoms with E-state index in [2.05, 4.69) is 9.71 Å². The maximum Gasteiger partial charge on any atom is 0.350 e. The van der Waals surface area contributed by atoms with Gasteiger partial charge in [-0.2, -0.15) is 0 Å². The Balaban J connectivity index is 2.29. The maximum absolute atomic E-state index is 12.3. The fraction of sp³-hybridized carbons (Fsp3) is 0.231. The third-order valence-electron chi connectivity index (χ3n) is 2.68. The standard InChI is InChI=1S/C13H12Cl2N2O4S2/c1-3-21-12(18)11-7(2)16-13(22-11)17-23(19,20)8-4-5-9(14)10(15)6-8/h4-6H,3H2,1-2H3,(H,16,17). The van der Waals surface area contributed by atoms with Gasteiger partial charge >= 0.3 is 5.97 Å². The molecular formula is C13H12Cl2N2O4S2. The van der Waals surface area contributed by atoms with Crippen LogP contribution in [0.4, 0.5) is 5.13 Å². The number of esters is 1. The Labute approximate surface area is 147 Å². The zero-order valence-electron chi connectivity index (χ0n) is 12.1. The first-order valence-electron chi connectivity index (χ1n) is 6.37. The van der Waals surface area contributed by atoms with E-state index in [-0.39, 0.29) is 31.6 Å². The monoisotopic (exact) mass is 394 g/mol. The minimum Gasteiger partial charge on any atom is -0.462 e. The number of ether oxygens (including phenoxy) is 1. The van der Waals surface area contributed by atoms with Gasteiger partial charge in [0.1, 0.15) is 4.88 Å². The second-order valence-electron chi connectivity index (χ2n) is 4.34. The molecule has 0 radical (unpaired) electrons. The number of carbonyl (C=O) groups excluding carboxylic acids is 1. The summed E-state index contributed by atoms with van der Waals surface area (Å²) in [4.78, 5) is 16.0. The molecule has 0 atom stereocenters. The van der Waals surface area contributed by atoms with Crippen LogP contribution < -0.4 is 4.72 Å². The number of nitrogens with one attached hydrogen (secondary N) is 1. The molecule has 0 aliphatic heterocycles. The average Bonchev–Trinajstić information content (AvgIpc) is 2.82. The van der Waals surface area contributed by atoms with Crippen molar-refractivity contribution >= 4 is 55.7 Å². The fourth-order valence-corrected chi connectivity index (χ4v) is 4.13. The molecule has 0 amide bonds. The third-order valence-corrected chi connectivity index (χ3v) is 5.94. The minimum atomic E-state index is -3.89. The molecule has 0 saturated heterocycles. The Morgan fingerprint density at radius 2 is 2.04 bits per heavy atom. The molecule has 2 aromatic rings. The molecule has 10 heteroatoms. The van der Waals surface area contributed by atoms with Gasteiger partial charge in [-0.15, -0.1) is 0 Å². The normalized spacial score (nSPS) is 11.3. The van der Waals surface area contributed by atoms with Gasteiger partial charge in [0.15, 0.2) is 5.13 Å². The first-order valence-corrected chi connectivity index (χ1v) is 9.42. The van der Waals surface area contributed by atoms with Crippen molar-refractivity contribution in [2.45, 2.75) is 18.7 Å². The molecule has 23 heavy (non-hydrogen) atoms. The van der Waals surface area contributed by atoms with Crippen LogP contribution >= 0.6 is 34.5 Å². The quantitative estimate of drug-likeness (QED) is 0.780. The van der Waals surface area contributed by atoms with Gasteiger partial charge in [-0.1, -0.05) is 34.5 Å². The Morgan fingerprint density at radius 3 is 2.65 bits per heavy atom. The SMILES string of the molecule is CCOC(=O)c1sc(NS(=O)(=O)c2ccc(Cl)c(Cl)c2)nc1C. The Kier molecular flexibility index (Phi) is 5.51. The number of aromatic nitrogens is 1. The minimum absolute atomic E-state index is 0.0579. The van der Waals surface area contributed by atoms with E-state index in [1.54, 1.807) is 13.8 Å². The number of aryl methyl sites for hydroxylation is 1. The summed E-state index contributed by atoms with van der Waals surface area (Å²) in [7, 11) is -3.89. The van der Waals surface area contributed by atoms with Crippen LogP contribution in [0, 0.1) is 6.92 Å². The molecule has 0 aliphatic rings. The van der Waals surface area contributed by atoms with Crippen LogP contribution in [-0.4, -0.2) is 26.0 Å². The number of nitrogens with zero attached hydrogens (tertiary/aromatic N) is 1. The highest BCUT2D eigenvalue weighted by molar-refractivity contribution is 7.93. The van der Waals surface area contributed by atoms with Gasteiger partial charge in [-0.05, 0) is 32.0 Å². The van der Waals surface area contributed by atoms with Gasteiger partial charge in [0.05, 0.1) is 27.2 Å². The van der Waals surface area contributed by atoms with Crippen LogP contribution in [0.5, 0.6) is 0 Å². The number of rotatable bonds is 5. The number of carbonyl (C=O) groups is 1. The molecule has 0 aliphatic carbocycles. The first-order chi connectivity index (χ1) is 10.7. The van der Waals surface area contributed by atoms with Crippen molar-refractivity contribution in [1.29, 1.82) is 0 Å². The molecule has 0 bridgehead atoms. The smallest absolute Gasteiger partial charge is 0.350 e. The van der Waals surface area contributed by atoms with Gasteiger partial charge in [0.2, 0.25) is 0 Å². The lowest BCUT2D eigenvalue weighted by atomic mass is 10.4. The molecular weight excluding hydrogens is 383 g/mol. The molecule has 0 unspecified atom stereocenters. The van der Waals surface area contributed by atoms with Crippen LogP contribution in [0.3, 0.4) is 0 Å². The van der Waals surface area contributed by atoms with Crippen molar-refractivity contribution in [1.82, 2.24) is 4.98 Å². The molecule has 1 N–H and O–H groups in total. The molecule has 0 fully saturated rings. The van der Waals surface area contributed by atoms with Gasteiger partial charge in [0.25, 0.3) is 10.0 Å². The number of hydrogen-bond donors (Lipinski definition) is 1. The zero-order chi connectivity index (χ0) is 17.2. The van der Waals surface area contributed by atoms with E-state index in [0.717, 1.165) is 11.3 Å². The number of benzene rings is 1. The van der Waals surface area contributed by atoms with Gasteiger partial charge in [-0.25, -0.2) is 18.2 Å². The number of halogens is 2. The predicted octanol–water partition coefficient (Wildman–Crippen LogP) is 3.74. The number of sulfonamides is 1. The Hall–Kier alpha value is -1.35. The lowest BCUT2D eigenvalue weighted by Gasteiger charge is -2.06. The predicted molar refractivity (Wildman–Crippen MR) is 90.1 cm³/mol. The van der Waals surface area contributed by atoms with Crippen molar-refractivity contribution in [3.05, 3.63) is 38.8 Å². The molecule has 2 rings (SSSR count). The highest BCUT2D eigenvalue weighted by atomic mass is 35.5. The summed E-state index contributed by atoms with van der Waals surface area (Å²) in [5.74, 6) is -0.539. The summed E-state index contributed by atoms with van der Waals surface area (Å²) in [6, 6.07) is 3.94. The van der Waals surface area contributed by atoms with Crippen molar-refractivity contribution in [3.63, 3.8) is 0 Å². The zero-order valence-corrected chi connectivity index (χ0v) is 15.2. The highest BCUT2D eigenvalue weighted by Gasteiger charge is 2.21. The van der Waals surface area contributed by atoms with Crippen molar-refractivity contribution < 1.29 is 17.9 Å². The van der Waals surface area contributed by atoms with Crippen LogP contribution in [0.15, 0.2) is 23.1 Å². The molecule has 124 valence electrons. The number of thiazole rings is 1. The summed E-state index contributed by atoms with van der Waals surface area (Å²) in [5.41, 5.74) is 0.389. The topological polar surface area (TPSA) is 85.4 Å². The van der Waals surface area contributed by atoms with E-state index in [9.17, 15) is 13.2 Å². The van der Waals surface area contributed by atoms with E-state index in [1.165, 1.54) is 18.2 Å². The van der Waals surface area contributed by atoms with Gasteiger partial charge in [0, 0.05) is 0 Å². The molecule has 1 heterocycles. The average molecular weight is 395 g/mol. The van der Waals surface area contributed by atoms with E-state index in [4.69, 9.17) is 27.9 Å². The van der Waals surface area contributed by atoms with Gasteiger partial charge in [-0.3, -0.25) is 4.72 Å². The molecule has 1 aromatic heterocycles. The molecule has 0 saturated carbocycles. The number of anilines is 1. The largest absolute Gasteiger partial charge is 0.462 e. The Bertz CT molecular complexity index is 850. The van der Waals surface area contributed by atoms with Crippen molar-refractivity contribution in [2.75, 3.05) is 11.3 Å². The lowest BCUT2D eigenvalue weighted by molar-refractivity contribution is 0.0531. The first kappa shape index (κ1) is 18.0. The van der Waals surface area contributed by atoms with Crippen molar-refractivity contribution in [2.24, 2.45) is 0 Å². The highest BCUT2D eigenvalue weighted by Crippen LogP contribution is 2.28. The second kappa shape index (κ2) is 7.04. The number of hydrogen-bond acceptors (Lipinski definition) is 6. The maximum atomic E-state index is 12.3. The van der Waals surface area contributed by atoms with Crippen LogP contribution in [-0.2, 0) is 14.8 Å². The molecule has 6 nitrogen and oxygen atoms in total. The third kappa shape index (κ3) is 4.14. The summed E-state index contributed by atoms with van der Waals surface area (Å²) >= 11 is 12.5. The van der Waals surface area contributed by atoms with E-state index < -0.39 is 16.0 Å². The molecule has 1 aromatic carbocycles. The summed E-state index contributed by atoms with van der Waals surface area (Å²) in [5, 5.41) is 0.439. The summed E-state index contributed by atoms with van der Waals surface area (Å²) in [6.45, 7) is 3.50. The lowest BCUT2D eigenvalue weighted by Crippen LogP contribution is -2.12. The van der Waals surface area contributed by atoms with E-state index in [1.807, 2.05) is 0 Å². The van der Waals surface area contributed by atoms with Crippen LogP contribution in [0.25, 0.3) is 0 Å². The summed E-state index contributed by atoms with van der Waals surface area (Å²) in [6.07, 6.45) is 0. The van der Waals surface area contributed by atoms with Crippen molar-refractivity contribution in [3.8, 4) is 0 Å².